The molecule has 5 nitrogen and oxygen atoms in total. The second-order valence-corrected chi connectivity index (χ2v) is 7.05. The highest BCUT2D eigenvalue weighted by molar-refractivity contribution is 7.89. The Morgan fingerprint density at radius 2 is 1.95 bits per heavy atom. The van der Waals surface area contributed by atoms with E-state index in [9.17, 15) is 8.42 Å². The molecule has 1 aromatic carbocycles. The van der Waals surface area contributed by atoms with E-state index in [-0.39, 0.29) is 11.8 Å². The van der Waals surface area contributed by atoms with Crippen molar-refractivity contribution in [2.75, 3.05) is 33.0 Å². The van der Waals surface area contributed by atoms with Gasteiger partial charge in [-0.25, -0.2) is 12.7 Å². The number of hydrogen-bond donors (Lipinski definition) is 1. The van der Waals surface area contributed by atoms with Gasteiger partial charge in [0.1, 0.15) is 5.75 Å². The summed E-state index contributed by atoms with van der Waals surface area (Å²) in [6.07, 6.45) is 0. The Bertz CT molecular complexity index is 515. The van der Waals surface area contributed by atoms with Gasteiger partial charge in [-0.3, -0.25) is 0 Å². The van der Waals surface area contributed by atoms with Crippen LogP contribution in [0.15, 0.2) is 24.3 Å². The number of rotatable bonds is 8. The first-order valence-corrected chi connectivity index (χ1v) is 8.34. The van der Waals surface area contributed by atoms with E-state index in [0.717, 1.165) is 11.3 Å². The van der Waals surface area contributed by atoms with Gasteiger partial charge in [-0.05, 0) is 19.9 Å². The smallest absolute Gasteiger partial charge is 0.214 e. The van der Waals surface area contributed by atoms with E-state index in [1.807, 2.05) is 38.1 Å². The summed E-state index contributed by atoms with van der Waals surface area (Å²) in [5, 5.41) is 3.22. The first kappa shape index (κ1) is 16.9. The van der Waals surface area contributed by atoms with Crippen LogP contribution in [0, 0.1) is 0 Å². The third-order valence-corrected chi connectivity index (χ3v) is 4.88. The standard InChI is InChI=1S/C14H24N2O3S/c1-5-19-14-9-7-6-8-13(14)12(2)15-10-11-20(17,18)16(3)4/h6-9,12,15H,5,10-11H2,1-4H3. The van der Waals surface area contributed by atoms with Crippen LogP contribution < -0.4 is 10.1 Å². The van der Waals surface area contributed by atoms with Crippen LogP contribution in [-0.4, -0.2) is 45.7 Å². The molecule has 0 radical (unpaired) electrons. The van der Waals surface area contributed by atoms with E-state index in [4.69, 9.17) is 4.74 Å². The summed E-state index contributed by atoms with van der Waals surface area (Å²) >= 11 is 0. The summed E-state index contributed by atoms with van der Waals surface area (Å²) in [4.78, 5) is 0. The number of nitrogens with one attached hydrogen (secondary N) is 1. The molecule has 1 N–H and O–H groups in total. The third-order valence-electron chi connectivity index (χ3n) is 3.05. The summed E-state index contributed by atoms with van der Waals surface area (Å²) in [6, 6.07) is 7.83. The van der Waals surface area contributed by atoms with Crippen LogP contribution in [0.1, 0.15) is 25.5 Å². The minimum Gasteiger partial charge on any atom is -0.494 e. The fraction of sp³-hybridized carbons (Fsp3) is 0.571. The van der Waals surface area contributed by atoms with Gasteiger partial charge < -0.3 is 10.1 Å². The number of ether oxygens (including phenoxy) is 1. The largest absolute Gasteiger partial charge is 0.494 e. The molecule has 0 bridgehead atoms. The number of sulfonamides is 1. The van der Waals surface area contributed by atoms with Crippen LogP contribution in [0.5, 0.6) is 5.75 Å². The van der Waals surface area contributed by atoms with Crippen molar-refractivity contribution in [3.8, 4) is 5.75 Å². The highest BCUT2D eigenvalue weighted by atomic mass is 32.2. The molecule has 0 aliphatic heterocycles. The van der Waals surface area contributed by atoms with Gasteiger partial charge in [0.2, 0.25) is 10.0 Å². The van der Waals surface area contributed by atoms with E-state index in [1.54, 1.807) is 14.1 Å². The minimum absolute atomic E-state index is 0.0371. The Balaban J connectivity index is 2.62. The van der Waals surface area contributed by atoms with Gasteiger partial charge in [0.25, 0.3) is 0 Å². The van der Waals surface area contributed by atoms with Crippen LogP contribution >= 0.6 is 0 Å². The van der Waals surface area contributed by atoms with Crippen molar-refractivity contribution < 1.29 is 13.2 Å². The van der Waals surface area contributed by atoms with E-state index in [2.05, 4.69) is 5.32 Å². The van der Waals surface area contributed by atoms with E-state index >= 15 is 0 Å². The molecule has 0 saturated heterocycles. The highest BCUT2D eigenvalue weighted by Gasteiger charge is 2.15. The highest BCUT2D eigenvalue weighted by Crippen LogP contribution is 2.24. The maximum Gasteiger partial charge on any atom is 0.214 e. The lowest BCUT2D eigenvalue weighted by molar-refractivity contribution is 0.332. The summed E-state index contributed by atoms with van der Waals surface area (Å²) < 4.78 is 30.2. The van der Waals surface area contributed by atoms with Gasteiger partial charge in [-0.15, -0.1) is 0 Å². The average molecular weight is 300 g/mol. The maximum absolute atomic E-state index is 11.7. The summed E-state index contributed by atoms with van der Waals surface area (Å²) in [7, 11) is -0.0672. The minimum atomic E-state index is -3.16. The monoisotopic (exact) mass is 300 g/mol. The van der Waals surface area contributed by atoms with Crippen LogP contribution in [0.3, 0.4) is 0 Å². The molecule has 0 aliphatic carbocycles. The van der Waals surface area contributed by atoms with Crippen molar-refractivity contribution in [2.24, 2.45) is 0 Å². The molecule has 0 saturated carbocycles. The predicted octanol–water partition coefficient (Wildman–Crippen LogP) is 1.63. The lowest BCUT2D eigenvalue weighted by Gasteiger charge is -2.18. The number of hydrogen-bond acceptors (Lipinski definition) is 4. The molecule has 0 amide bonds. The zero-order valence-corrected chi connectivity index (χ0v) is 13.4. The maximum atomic E-state index is 11.7. The zero-order valence-electron chi connectivity index (χ0n) is 12.6. The zero-order chi connectivity index (χ0) is 15.2. The number of benzene rings is 1. The van der Waals surface area contributed by atoms with Gasteiger partial charge in [0.05, 0.1) is 12.4 Å². The molecular weight excluding hydrogens is 276 g/mol. The van der Waals surface area contributed by atoms with Gasteiger partial charge in [-0.2, -0.15) is 0 Å². The van der Waals surface area contributed by atoms with Crippen molar-refractivity contribution in [3.05, 3.63) is 29.8 Å². The molecule has 1 aromatic rings. The molecule has 1 rings (SSSR count). The molecule has 20 heavy (non-hydrogen) atoms. The Kier molecular flexibility index (Phi) is 6.45. The van der Waals surface area contributed by atoms with E-state index < -0.39 is 10.0 Å². The second-order valence-electron chi connectivity index (χ2n) is 4.75. The van der Waals surface area contributed by atoms with Crippen molar-refractivity contribution in [1.29, 1.82) is 0 Å². The first-order chi connectivity index (χ1) is 9.38. The van der Waals surface area contributed by atoms with Crippen LogP contribution in [0.2, 0.25) is 0 Å². The predicted molar refractivity (Wildman–Crippen MR) is 81.5 cm³/mol. The molecule has 1 atom stereocenters. The molecule has 6 heteroatoms. The molecular formula is C14H24N2O3S. The van der Waals surface area contributed by atoms with Crippen LogP contribution in [0.4, 0.5) is 0 Å². The Hall–Kier alpha value is -1.11. The van der Waals surface area contributed by atoms with Crippen LogP contribution in [0.25, 0.3) is 0 Å². The van der Waals surface area contributed by atoms with Gasteiger partial charge in [-0.1, -0.05) is 18.2 Å². The van der Waals surface area contributed by atoms with E-state index in [1.165, 1.54) is 4.31 Å². The molecule has 1 unspecified atom stereocenters. The molecule has 0 aliphatic rings. The third kappa shape index (κ3) is 4.77. The van der Waals surface area contributed by atoms with Crippen molar-refractivity contribution >= 4 is 10.0 Å². The van der Waals surface area contributed by atoms with Gasteiger partial charge in [0, 0.05) is 32.2 Å². The van der Waals surface area contributed by atoms with Gasteiger partial charge in [0.15, 0.2) is 0 Å². The molecule has 114 valence electrons. The fourth-order valence-electron chi connectivity index (χ4n) is 1.82. The number of para-hydroxylation sites is 1. The van der Waals surface area contributed by atoms with Crippen molar-refractivity contribution in [2.45, 2.75) is 19.9 Å². The number of nitrogens with zero attached hydrogens (tertiary/aromatic N) is 1. The summed E-state index contributed by atoms with van der Waals surface area (Å²) in [5.41, 5.74) is 1.04. The lowest BCUT2D eigenvalue weighted by atomic mass is 10.1. The molecule has 0 aromatic heterocycles. The quantitative estimate of drug-likeness (QED) is 0.793. The Labute approximate surface area is 122 Å². The lowest BCUT2D eigenvalue weighted by Crippen LogP contribution is -2.32. The Morgan fingerprint density at radius 1 is 1.30 bits per heavy atom. The SMILES string of the molecule is CCOc1ccccc1C(C)NCCS(=O)(=O)N(C)C. The Morgan fingerprint density at radius 3 is 2.55 bits per heavy atom. The second kappa shape index (κ2) is 7.61. The summed E-state index contributed by atoms with van der Waals surface area (Å²) in [6.45, 7) is 4.96. The molecule has 0 heterocycles. The molecule has 0 spiro atoms. The first-order valence-electron chi connectivity index (χ1n) is 6.73. The van der Waals surface area contributed by atoms with Gasteiger partial charge >= 0.3 is 0 Å². The van der Waals surface area contributed by atoms with Crippen molar-refractivity contribution in [3.63, 3.8) is 0 Å². The fourth-order valence-corrected chi connectivity index (χ4v) is 2.56. The topological polar surface area (TPSA) is 58.6 Å². The van der Waals surface area contributed by atoms with Crippen LogP contribution in [-0.2, 0) is 10.0 Å². The normalized spacial score (nSPS) is 13.4. The summed E-state index contributed by atoms with van der Waals surface area (Å²) in [5.74, 6) is 0.923. The average Bonchev–Trinajstić information content (AvgIpc) is 2.39. The van der Waals surface area contributed by atoms with Crippen molar-refractivity contribution in [1.82, 2.24) is 9.62 Å². The molecule has 0 fully saturated rings. The van der Waals surface area contributed by atoms with E-state index in [0.29, 0.717) is 13.2 Å².